The van der Waals surface area contributed by atoms with E-state index in [-0.39, 0.29) is 5.41 Å². The van der Waals surface area contributed by atoms with E-state index >= 15 is 0 Å². The summed E-state index contributed by atoms with van der Waals surface area (Å²) in [7, 11) is 0. The summed E-state index contributed by atoms with van der Waals surface area (Å²) in [6.45, 7) is 15.8. The zero-order valence-electron chi connectivity index (χ0n) is 16.6. The molecule has 0 fully saturated rings. The number of nitrogens with two attached hydrogens (primary N) is 2. The Labute approximate surface area is 149 Å². The Morgan fingerprint density at radius 2 is 1.58 bits per heavy atom. The maximum absolute atomic E-state index is 5.82. The van der Waals surface area contributed by atoms with Crippen LogP contribution in [-0.2, 0) is 0 Å². The molecule has 2 nitrogen and oxygen atoms in total. The molecule has 24 heavy (non-hydrogen) atoms. The van der Waals surface area contributed by atoms with Crippen molar-refractivity contribution in [2.75, 3.05) is 6.54 Å². The molecular formula is C22H36N2. The third-order valence-electron chi connectivity index (χ3n) is 3.78. The molecule has 0 aromatic rings. The molecule has 0 aliphatic heterocycles. The second-order valence-corrected chi connectivity index (χ2v) is 7.23. The summed E-state index contributed by atoms with van der Waals surface area (Å²) in [4.78, 5) is 0. The summed E-state index contributed by atoms with van der Waals surface area (Å²) in [5.41, 5.74) is 17.3. The van der Waals surface area contributed by atoms with Gasteiger partial charge in [0.25, 0.3) is 0 Å². The molecule has 0 aliphatic carbocycles. The van der Waals surface area contributed by atoms with E-state index in [4.69, 9.17) is 11.5 Å². The lowest BCUT2D eigenvalue weighted by atomic mass is 9.82. The summed E-state index contributed by atoms with van der Waals surface area (Å²) in [5.74, 6) is 0. The lowest BCUT2D eigenvalue weighted by Gasteiger charge is -2.23. The van der Waals surface area contributed by atoms with E-state index in [0.29, 0.717) is 12.2 Å². The Balaban J connectivity index is 5.11. The predicted molar refractivity (Wildman–Crippen MR) is 110 cm³/mol. The second-order valence-electron chi connectivity index (χ2n) is 7.23. The van der Waals surface area contributed by atoms with Gasteiger partial charge < -0.3 is 11.5 Å². The maximum Gasteiger partial charge on any atom is 0.0288 e. The summed E-state index contributed by atoms with van der Waals surface area (Å²) in [6, 6.07) is 0. The molecule has 0 bridgehead atoms. The third-order valence-corrected chi connectivity index (χ3v) is 3.78. The van der Waals surface area contributed by atoms with E-state index in [2.05, 4.69) is 59.8 Å². The summed E-state index contributed by atoms with van der Waals surface area (Å²) >= 11 is 0. The van der Waals surface area contributed by atoms with Gasteiger partial charge in [-0.1, -0.05) is 69.2 Å². The Kier molecular flexibility index (Phi) is 10.1. The average molecular weight is 329 g/mol. The molecule has 2 heteroatoms. The largest absolute Gasteiger partial charge is 0.399 e. The molecular weight excluding hydrogens is 292 g/mol. The molecule has 0 spiro atoms. The second kappa shape index (κ2) is 10.9. The molecule has 0 rings (SSSR count). The van der Waals surface area contributed by atoms with E-state index in [1.54, 1.807) is 6.08 Å². The molecule has 0 heterocycles. The van der Waals surface area contributed by atoms with Gasteiger partial charge in [-0.3, -0.25) is 0 Å². The topological polar surface area (TPSA) is 52.0 Å². The van der Waals surface area contributed by atoms with Crippen LogP contribution in [0.25, 0.3) is 0 Å². The van der Waals surface area contributed by atoms with Crippen LogP contribution in [0.4, 0.5) is 0 Å². The van der Waals surface area contributed by atoms with Crippen LogP contribution in [0.15, 0.2) is 70.5 Å². The zero-order chi connectivity index (χ0) is 18.8. The normalized spacial score (nSPS) is 16.2. The molecule has 0 aromatic carbocycles. The van der Waals surface area contributed by atoms with Gasteiger partial charge in [-0.15, -0.1) is 0 Å². The molecule has 0 aromatic heterocycles. The fourth-order valence-electron chi connectivity index (χ4n) is 2.35. The van der Waals surface area contributed by atoms with Crippen molar-refractivity contribution in [2.45, 2.75) is 54.9 Å². The van der Waals surface area contributed by atoms with E-state index < -0.39 is 0 Å². The zero-order valence-corrected chi connectivity index (χ0v) is 16.6. The van der Waals surface area contributed by atoms with Crippen LogP contribution in [0.5, 0.6) is 0 Å². The Bertz CT molecular complexity index is 574. The number of hydrogen-bond donors (Lipinski definition) is 2. The minimum absolute atomic E-state index is 0.166. The Hall–Kier alpha value is -1.80. The minimum Gasteiger partial charge on any atom is -0.399 e. The van der Waals surface area contributed by atoms with Gasteiger partial charge in [0.1, 0.15) is 0 Å². The first kappa shape index (κ1) is 22.2. The maximum atomic E-state index is 5.82. The summed E-state index contributed by atoms with van der Waals surface area (Å²) in [5, 5.41) is 0. The van der Waals surface area contributed by atoms with Crippen LogP contribution in [0.1, 0.15) is 54.9 Å². The first-order chi connectivity index (χ1) is 11.1. The van der Waals surface area contributed by atoms with Gasteiger partial charge in [0.15, 0.2) is 0 Å². The third kappa shape index (κ3) is 9.36. The minimum atomic E-state index is 0.166. The first-order valence-corrected chi connectivity index (χ1v) is 8.69. The summed E-state index contributed by atoms with van der Waals surface area (Å²) in [6.07, 6.45) is 15.5. The molecule has 4 N–H and O–H groups in total. The molecule has 0 aliphatic rings. The highest BCUT2D eigenvalue weighted by Crippen LogP contribution is 2.30. The average Bonchev–Trinajstić information content (AvgIpc) is 2.45. The van der Waals surface area contributed by atoms with E-state index in [1.807, 2.05) is 25.2 Å². The van der Waals surface area contributed by atoms with Gasteiger partial charge in [-0.05, 0) is 55.9 Å². The highest BCUT2D eigenvalue weighted by molar-refractivity contribution is 5.36. The molecule has 134 valence electrons. The lowest BCUT2D eigenvalue weighted by molar-refractivity contribution is 0.510. The lowest BCUT2D eigenvalue weighted by Crippen LogP contribution is -2.09. The van der Waals surface area contributed by atoms with Gasteiger partial charge in [0, 0.05) is 12.2 Å². The SMILES string of the molecule is CC/C(C)=C(/C=C/C(C)=C/C=C/C(C)=C/C(N)=C/CN)C(C)(C)C. The molecule has 0 amide bonds. The van der Waals surface area contributed by atoms with Crippen LogP contribution in [-0.4, -0.2) is 6.54 Å². The van der Waals surface area contributed by atoms with Gasteiger partial charge in [0.05, 0.1) is 0 Å². The van der Waals surface area contributed by atoms with Crippen LogP contribution < -0.4 is 11.5 Å². The summed E-state index contributed by atoms with van der Waals surface area (Å²) < 4.78 is 0. The van der Waals surface area contributed by atoms with E-state index in [1.165, 1.54) is 16.7 Å². The number of rotatable bonds is 7. The highest BCUT2D eigenvalue weighted by atomic mass is 14.6. The van der Waals surface area contributed by atoms with Crippen molar-refractivity contribution in [3.05, 3.63) is 70.5 Å². The molecule has 0 unspecified atom stereocenters. The van der Waals surface area contributed by atoms with Gasteiger partial charge in [-0.25, -0.2) is 0 Å². The predicted octanol–water partition coefficient (Wildman–Crippen LogP) is 5.57. The van der Waals surface area contributed by atoms with Crippen molar-refractivity contribution < 1.29 is 0 Å². The van der Waals surface area contributed by atoms with Crippen LogP contribution in [0.3, 0.4) is 0 Å². The first-order valence-electron chi connectivity index (χ1n) is 8.69. The number of allylic oxidation sites excluding steroid dienone is 10. The van der Waals surface area contributed by atoms with Gasteiger partial charge >= 0.3 is 0 Å². The Morgan fingerprint density at radius 3 is 2.08 bits per heavy atom. The fraction of sp³-hybridized carbons (Fsp3) is 0.455. The smallest absolute Gasteiger partial charge is 0.0288 e. The van der Waals surface area contributed by atoms with Crippen LogP contribution in [0.2, 0.25) is 0 Å². The Morgan fingerprint density at radius 1 is 0.958 bits per heavy atom. The van der Waals surface area contributed by atoms with Crippen molar-refractivity contribution in [3.63, 3.8) is 0 Å². The quantitative estimate of drug-likeness (QED) is 0.601. The van der Waals surface area contributed by atoms with Crippen LogP contribution >= 0.6 is 0 Å². The monoisotopic (exact) mass is 328 g/mol. The molecule has 0 radical (unpaired) electrons. The van der Waals surface area contributed by atoms with Crippen molar-refractivity contribution in [1.82, 2.24) is 0 Å². The van der Waals surface area contributed by atoms with Gasteiger partial charge in [0.2, 0.25) is 0 Å². The van der Waals surface area contributed by atoms with Gasteiger partial charge in [-0.2, -0.15) is 0 Å². The van der Waals surface area contributed by atoms with E-state index in [9.17, 15) is 0 Å². The molecule has 0 saturated heterocycles. The van der Waals surface area contributed by atoms with Crippen LogP contribution in [0, 0.1) is 5.41 Å². The fourth-order valence-corrected chi connectivity index (χ4v) is 2.35. The highest BCUT2D eigenvalue weighted by Gasteiger charge is 2.16. The molecule has 0 saturated carbocycles. The number of hydrogen-bond acceptors (Lipinski definition) is 2. The molecule has 0 atom stereocenters. The van der Waals surface area contributed by atoms with Crippen molar-refractivity contribution in [2.24, 2.45) is 16.9 Å². The van der Waals surface area contributed by atoms with Crippen molar-refractivity contribution in [3.8, 4) is 0 Å². The van der Waals surface area contributed by atoms with Crippen molar-refractivity contribution in [1.29, 1.82) is 0 Å². The van der Waals surface area contributed by atoms with Crippen molar-refractivity contribution >= 4 is 0 Å². The van der Waals surface area contributed by atoms with E-state index in [0.717, 1.165) is 12.0 Å². The standard InChI is InChI=1S/C22H36N2/c1-8-19(4)21(22(5,6)7)13-12-17(2)10-9-11-18(3)16-20(24)14-15-23/h9-14,16H,8,15,23-24H2,1-7H3/b11-9+,13-12+,17-10+,18-16+,20-14-,21-19-.